The summed E-state index contributed by atoms with van der Waals surface area (Å²) >= 11 is 0. The van der Waals surface area contributed by atoms with Crippen LogP contribution in [0.15, 0.2) is 30.9 Å². The molecular weight excluding hydrogens is 228 g/mol. The largest absolute Gasteiger partial charge is 0.395 e. The molecular formula is C12H13F2NO2. The van der Waals surface area contributed by atoms with E-state index >= 15 is 0 Å². The Labute approximate surface area is 98.0 Å². The number of carbonyl (C=O) groups excluding carboxylic acids is 1. The van der Waals surface area contributed by atoms with Crippen molar-refractivity contribution in [1.29, 1.82) is 0 Å². The Balaban J connectivity index is 2.96. The van der Waals surface area contributed by atoms with Crippen LogP contribution in [0.1, 0.15) is 10.4 Å². The smallest absolute Gasteiger partial charge is 0.257 e. The highest BCUT2D eigenvalue weighted by Crippen LogP contribution is 2.12. The molecule has 0 saturated heterocycles. The van der Waals surface area contributed by atoms with Crippen LogP contribution < -0.4 is 0 Å². The molecule has 0 aromatic heterocycles. The monoisotopic (exact) mass is 241 g/mol. The topological polar surface area (TPSA) is 40.5 Å². The maximum absolute atomic E-state index is 13.4. The fourth-order valence-corrected chi connectivity index (χ4v) is 1.39. The van der Waals surface area contributed by atoms with Gasteiger partial charge in [0.2, 0.25) is 0 Å². The summed E-state index contributed by atoms with van der Waals surface area (Å²) in [4.78, 5) is 13.1. The zero-order chi connectivity index (χ0) is 12.8. The maximum atomic E-state index is 13.4. The third-order valence-electron chi connectivity index (χ3n) is 2.17. The van der Waals surface area contributed by atoms with Crippen molar-refractivity contribution in [3.63, 3.8) is 0 Å². The minimum absolute atomic E-state index is 0.0711. The summed E-state index contributed by atoms with van der Waals surface area (Å²) in [5.41, 5.74) is -0.221. The number of hydrogen-bond acceptors (Lipinski definition) is 2. The average Bonchev–Trinajstić information content (AvgIpc) is 2.28. The molecule has 1 aromatic carbocycles. The third kappa shape index (κ3) is 3.35. The number of benzene rings is 1. The lowest BCUT2D eigenvalue weighted by molar-refractivity contribution is 0.0738. The zero-order valence-electron chi connectivity index (χ0n) is 9.20. The van der Waals surface area contributed by atoms with E-state index in [4.69, 9.17) is 5.11 Å². The van der Waals surface area contributed by atoms with Crippen LogP contribution >= 0.6 is 0 Å². The molecule has 0 aliphatic rings. The Morgan fingerprint density at radius 2 is 2.18 bits per heavy atom. The molecule has 5 heteroatoms. The minimum Gasteiger partial charge on any atom is -0.395 e. The van der Waals surface area contributed by atoms with Crippen molar-refractivity contribution in [2.75, 3.05) is 19.7 Å². The van der Waals surface area contributed by atoms with Crippen molar-refractivity contribution in [1.82, 2.24) is 4.90 Å². The van der Waals surface area contributed by atoms with Crippen LogP contribution in [0, 0.1) is 11.6 Å². The molecule has 1 amide bonds. The summed E-state index contributed by atoms with van der Waals surface area (Å²) < 4.78 is 26.1. The van der Waals surface area contributed by atoms with Gasteiger partial charge in [-0.25, -0.2) is 8.78 Å². The van der Waals surface area contributed by atoms with Gasteiger partial charge < -0.3 is 10.0 Å². The lowest BCUT2D eigenvalue weighted by atomic mass is 10.1. The summed E-state index contributed by atoms with van der Waals surface area (Å²) in [6.07, 6.45) is 1.47. The van der Waals surface area contributed by atoms with Gasteiger partial charge in [0.1, 0.15) is 11.6 Å². The first-order chi connectivity index (χ1) is 8.10. The summed E-state index contributed by atoms with van der Waals surface area (Å²) in [5.74, 6) is -2.25. The Morgan fingerprint density at radius 3 is 2.71 bits per heavy atom. The summed E-state index contributed by atoms with van der Waals surface area (Å²) in [6.45, 7) is 3.49. The molecule has 0 aliphatic carbocycles. The van der Waals surface area contributed by atoms with Crippen molar-refractivity contribution < 1.29 is 18.7 Å². The SMILES string of the molecule is C=CCN(CCO)C(=O)c1ccc(F)cc1F. The van der Waals surface area contributed by atoms with E-state index in [-0.39, 0.29) is 25.3 Å². The molecule has 0 spiro atoms. The van der Waals surface area contributed by atoms with Gasteiger partial charge in [0, 0.05) is 19.2 Å². The summed E-state index contributed by atoms with van der Waals surface area (Å²) in [5, 5.41) is 8.79. The molecule has 0 aliphatic heterocycles. The van der Waals surface area contributed by atoms with E-state index in [0.29, 0.717) is 6.07 Å². The molecule has 3 nitrogen and oxygen atoms in total. The van der Waals surface area contributed by atoms with Crippen molar-refractivity contribution in [2.45, 2.75) is 0 Å². The zero-order valence-corrected chi connectivity index (χ0v) is 9.20. The van der Waals surface area contributed by atoms with E-state index in [1.54, 1.807) is 0 Å². The standard InChI is InChI=1S/C12H13F2NO2/c1-2-5-15(6-7-16)12(17)10-4-3-9(13)8-11(10)14/h2-4,8,16H,1,5-7H2. The highest BCUT2D eigenvalue weighted by atomic mass is 19.1. The fraction of sp³-hybridized carbons (Fsp3) is 0.250. The van der Waals surface area contributed by atoms with Crippen LogP contribution in [0.4, 0.5) is 8.78 Å². The van der Waals surface area contributed by atoms with E-state index < -0.39 is 17.5 Å². The molecule has 1 rings (SSSR count). The Morgan fingerprint density at radius 1 is 1.47 bits per heavy atom. The van der Waals surface area contributed by atoms with Gasteiger partial charge in [0.05, 0.1) is 12.2 Å². The second-order valence-electron chi connectivity index (χ2n) is 3.39. The van der Waals surface area contributed by atoms with Crippen LogP contribution in [0.2, 0.25) is 0 Å². The second kappa shape index (κ2) is 6.10. The summed E-state index contributed by atoms with van der Waals surface area (Å²) in [6, 6.07) is 2.75. The predicted molar refractivity (Wildman–Crippen MR) is 59.5 cm³/mol. The first-order valence-electron chi connectivity index (χ1n) is 5.06. The van der Waals surface area contributed by atoms with E-state index in [0.717, 1.165) is 12.1 Å². The van der Waals surface area contributed by atoms with Crippen LogP contribution in [-0.4, -0.2) is 35.6 Å². The summed E-state index contributed by atoms with van der Waals surface area (Å²) in [7, 11) is 0. The Hall–Kier alpha value is -1.75. The predicted octanol–water partition coefficient (Wildman–Crippen LogP) is 1.59. The minimum atomic E-state index is -0.915. The first-order valence-corrected chi connectivity index (χ1v) is 5.06. The normalized spacial score (nSPS) is 10.1. The van der Waals surface area contributed by atoms with Gasteiger partial charge >= 0.3 is 0 Å². The fourth-order valence-electron chi connectivity index (χ4n) is 1.39. The average molecular weight is 241 g/mol. The number of carbonyl (C=O) groups is 1. The lowest BCUT2D eigenvalue weighted by Crippen LogP contribution is -2.34. The third-order valence-corrected chi connectivity index (χ3v) is 2.17. The van der Waals surface area contributed by atoms with Crippen LogP contribution in [0.25, 0.3) is 0 Å². The number of aliphatic hydroxyl groups excluding tert-OH is 1. The molecule has 0 fully saturated rings. The second-order valence-corrected chi connectivity index (χ2v) is 3.39. The van der Waals surface area contributed by atoms with E-state index in [1.807, 2.05) is 0 Å². The number of nitrogens with zero attached hydrogens (tertiary/aromatic N) is 1. The van der Waals surface area contributed by atoms with E-state index in [2.05, 4.69) is 6.58 Å². The lowest BCUT2D eigenvalue weighted by Gasteiger charge is -2.20. The van der Waals surface area contributed by atoms with Crippen LogP contribution in [0.3, 0.4) is 0 Å². The molecule has 1 N–H and O–H groups in total. The number of halogens is 2. The molecule has 0 radical (unpaired) electrons. The molecule has 0 bridgehead atoms. The van der Waals surface area contributed by atoms with Gasteiger partial charge in [0.15, 0.2) is 0 Å². The quantitative estimate of drug-likeness (QED) is 0.795. The van der Waals surface area contributed by atoms with Gasteiger partial charge in [0.25, 0.3) is 5.91 Å². The van der Waals surface area contributed by atoms with Crippen molar-refractivity contribution in [3.8, 4) is 0 Å². The number of rotatable bonds is 5. The highest BCUT2D eigenvalue weighted by Gasteiger charge is 2.18. The van der Waals surface area contributed by atoms with Gasteiger partial charge in [-0.3, -0.25) is 4.79 Å². The number of hydrogen-bond donors (Lipinski definition) is 1. The van der Waals surface area contributed by atoms with Crippen LogP contribution in [0.5, 0.6) is 0 Å². The van der Waals surface area contributed by atoms with Gasteiger partial charge in [-0.15, -0.1) is 6.58 Å². The molecule has 0 saturated carbocycles. The molecule has 0 heterocycles. The van der Waals surface area contributed by atoms with Crippen LogP contribution in [-0.2, 0) is 0 Å². The van der Waals surface area contributed by atoms with Gasteiger partial charge in [-0.2, -0.15) is 0 Å². The van der Waals surface area contributed by atoms with Crippen molar-refractivity contribution in [2.24, 2.45) is 0 Å². The van der Waals surface area contributed by atoms with Crippen molar-refractivity contribution in [3.05, 3.63) is 48.1 Å². The maximum Gasteiger partial charge on any atom is 0.257 e. The van der Waals surface area contributed by atoms with E-state index in [9.17, 15) is 13.6 Å². The van der Waals surface area contributed by atoms with Crippen molar-refractivity contribution >= 4 is 5.91 Å². The number of aliphatic hydroxyl groups is 1. The Kier molecular flexibility index (Phi) is 4.78. The molecule has 1 aromatic rings. The highest BCUT2D eigenvalue weighted by molar-refractivity contribution is 5.94. The first kappa shape index (κ1) is 13.3. The Bertz CT molecular complexity index is 421. The molecule has 17 heavy (non-hydrogen) atoms. The number of amides is 1. The van der Waals surface area contributed by atoms with E-state index in [1.165, 1.54) is 11.0 Å². The molecule has 0 unspecified atom stereocenters. The molecule has 0 atom stereocenters. The van der Waals surface area contributed by atoms with Gasteiger partial charge in [-0.1, -0.05) is 6.08 Å². The molecule has 92 valence electrons. The van der Waals surface area contributed by atoms with Gasteiger partial charge in [-0.05, 0) is 12.1 Å².